The molecule has 1 rings (SSSR count). The van der Waals surface area contributed by atoms with Crippen LogP contribution < -0.4 is 10.0 Å². The molecule has 0 aromatic rings. The van der Waals surface area contributed by atoms with Crippen LogP contribution in [0.5, 0.6) is 0 Å². The normalized spacial score (nSPS) is 22.5. The molecule has 0 aromatic carbocycles. The van der Waals surface area contributed by atoms with Gasteiger partial charge in [-0.2, -0.15) is 0 Å². The van der Waals surface area contributed by atoms with Gasteiger partial charge in [0.15, 0.2) is 0 Å². The second-order valence-corrected chi connectivity index (χ2v) is 5.98. The lowest BCUT2D eigenvalue weighted by atomic mass is 10.3. The van der Waals surface area contributed by atoms with Gasteiger partial charge in [-0.3, -0.25) is 0 Å². The first-order valence-electron chi connectivity index (χ1n) is 5.31. The van der Waals surface area contributed by atoms with E-state index in [2.05, 4.69) is 10.0 Å². The fourth-order valence-corrected chi connectivity index (χ4v) is 2.62. The van der Waals surface area contributed by atoms with E-state index in [9.17, 15) is 8.42 Å². The van der Waals surface area contributed by atoms with Gasteiger partial charge in [-0.1, -0.05) is 13.8 Å². The number of sulfonamides is 1. The molecule has 5 nitrogen and oxygen atoms in total. The summed E-state index contributed by atoms with van der Waals surface area (Å²) in [6, 6.07) is 0.282. The van der Waals surface area contributed by atoms with Gasteiger partial charge < -0.3 is 10.1 Å². The molecule has 90 valence electrons. The van der Waals surface area contributed by atoms with Crippen molar-refractivity contribution in [1.29, 1.82) is 0 Å². The van der Waals surface area contributed by atoms with Crippen molar-refractivity contribution < 1.29 is 13.2 Å². The summed E-state index contributed by atoms with van der Waals surface area (Å²) in [5, 5.41) is 3.08. The first kappa shape index (κ1) is 12.9. The quantitative estimate of drug-likeness (QED) is 0.664. The van der Waals surface area contributed by atoms with Gasteiger partial charge in [0.1, 0.15) is 0 Å². The Kier molecular flexibility index (Phi) is 4.98. The molecular formula is C9H20N2O3S. The van der Waals surface area contributed by atoms with Gasteiger partial charge >= 0.3 is 0 Å². The van der Waals surface area contributed by atoms with Crippen LogP contribution in [0.4, 0.5) is 0 Å². The van der Waals surface area contributed by atoms with E-state index in [4.69, 9.17) is 4.74 Å². The molecule has 1 heterocycles. The largest absolute Gasteiger partial charge is 0.380 e. The second-order valence-electron chi connectivity index (χ2n) is 4.11. The molecule has 0 amide bonds. The Morgan fingerprint density at radius 3 is 2.73 bits per heavy atom. The van der Waals surface area contributed by atoms with Crippen molar-refractivity contribution in [2.45, 2.75) is 32.4 Å². The monoisotopic (exact) mass is 236 g/mol. The van der Waals surface area contributed by atoms with E-state index in [0.717, 1.165) is 6.42 Å². The molecule has 0 bridgehead atoms. The van der Waals surface area contributed by atoms with E-state index < -0.39 is 10.0 Å². The third-order valence-electron chi connectivity index (χ3n) is 2.20. The first-order chi connectivity index (χ1) is 6.99. The summed E-state index contributed by atoms with van der Waals surface area (Å²) < 4.78 is 30.9. The lowest BCUT2D eigenvalue weighted by Gasteiger charge is -2.12. The fraction of sp³-hybridized carbons (Fsp3) is 1.00. The van der Waals surface area contributed by atoms with E-state index in [0.29, 0.717) is 25.8 Å². The topological polar surface area (TPSA) is 67.4 Å². The van der Waals surface area contributed by atoms with Crippen LogP contribution in [-0.4, -0.2) is 46.0 Å². The molecule has 0 saturated carbocycles. The highest BCUT2D eigenvalue weighted by Crippen LogP contribution is 2.04. The summed E-state index contributed by atoms with van der Waals surface area (Å²) >= 11 is 0. The van der Waals surface area contributed by atoms with Crippen molar-refractivity contribution in [3.05, 3.63) is 0 Å². The van der Waals surface area contributed by atoms with Crippen LogP contribution in [0.15, 0.2) is 0 Å². The summed E-state index contributed by atoms with van der Waals surface area (Å²) in [7, 11) is -3.15. The Bertz CT molecular complexity index is 271. The van der Waals surface area contributed by atoms with Gasteiger partial charge in [0.25, 0.3) is 0 Å². The molecule has 1 saturated heterocycles. The SMILES string of the molecule is CC(C)NCCS(=O)(=O)NC1CCOC1. The smallest absolute Gasteiger partial charge is 0.213 e. The Hall–Kier alpha value is -0.170. The van der Waals surface area contributed by atoms with Crippen LogP contribution in [0, 0.1) is 0 Å². The number of nitrogens with one attached hydrogen (secondary N) is 2. The third-order valence-corrected chi connectivity index (χ3v) is 3.63. The molecule has 1 aliphatic heterocycles. The van der Waals surface area contributed by atoms with Crippen molar-refractivity contribution in [2.75, 3.05) is 25.5 Å². The van der Waals surface area contributed by atoms with Gasteiger partial charge in [-0.05, 0) is 6.42 Å². The van der Waals surface area contributed by atoms with Crippen molar-refractivity contribution >= 4 is 10.0 Å². The summed E-state index contributed by atoms with van der Waals surface area (Å²) in [5.74, 6) is 0.127. The third kappa shape index (κ3) is 5.46. The predicted molar refractivity (Wildman–Crippen MR) is 59.3 cm³/mol. The number of ether oxygens (including phenoxy) is 1. The van der Waals surface area contributed by atoms with Crippen LogP contribution in [0.3, 0.4) is 0 Å². The second kappa shape index (κ2) is 5.79. The maximum absolute atomic E-state index is 11.6. The van der Waals surface area contributed by atoms with E-state index in [1.807, 2.05) is 13.8 Å². The highest BCUT2D eigenvalue weighted by atomic mass is 32.2. The average Bonchev–Trinajstić information content (AvgIpc) is 2.54. The lowest BCUT2D eigenvalue weighted by molar-refractivity contribution is 0.192. The van der Waals surface area contributed by atoms with Crippen molar-refractivity contribution in [3.8, 4) is 0 Å². The molecule has 1 aliphatic rings. The Morgan fingerprint density at radius 1 is 1.47 bits per heavy atom. The van der Waals surface area contributed by atoms with E-state index in [1.165, 1.54) is 0 Å². The van der Waals surface area contributed by atoms with Crippen LogP contribution in [-0.2, 0) is 14.8 Å². The minimum atomic E-state index is -3.15. The fourth-order valence-electron chi connectivity index (χ4n) is 1.42. The molecular weight excluding hydrogens is 216 g/mol. The Morgan fingerprint density at radius 2 is 2.20 bits per heavy atom. The first-order valence-corrected chi connectivity index (χ1v) is 6.96. The molecule has 6 heteroatoms. The van der Waals surface area contributed by atoms with Crippen LogP contribution in [0.1, 0.15) is 20.3 Å². The van der Waals surface area contributed by atoms with Gasteiger partial charge in [-0.25, -0.2) is 13.1 Å². The van der Waals surface area contributed by atoms with Gasteiger partial charge in [0.2, 0.25) is 10.0 Å². The average molecular weight is 236 g/mol. The summed E-state index contributed by atoms with van der Waals surface area (Å²) in [5.41, 5.74) is 0. The molecule has 0 spiro atoms. The van der Waals surface area contributed by atoms with Crippen LogP contribution in [0.25, 0.3) is 0 Å². The highest BCUT2D eigenvalue weighted by molar-refractivity contribution is 7.89. The maximum atomic E-state index is 11.6. The van der Waals surface area contributed by atoms with Crippen LogP contribution in [0.2, 0.25) is 0 Å². The Balaban J connectivity index is 2.25. The number of hydrogen-bond acceptors (Lipinski definition) is 4. The molecule has 2 N–H and O–H groups in total. The van der Waals surface area contributed by atoms with E-state index >= 15 is 0 Å². The Labute approximate surface area is 91.6 Å². The standard InChI is InChI=1S/C9H20N2O3S/c1-8(2)10-4-6-15(12,13)11-9-3-5-14-7-9/h8-11H,3-7H2,1-2H3. The number of hydrogen-bond donors (Lipinski definition) is 2. The summed E-state index contributed by atoms with van der Waals surface area (Å²) in [6.07, 6.45) is 0.775. The molecule has 15 heavy (non-hydrogen) atoms. The predicted octanol–water partition coefficient (Wildman–Crippen LogP) is -0.307. The highest BCUT2D eigenvalue weighted by Gasteiger charge is 2.21. The van der Waals surface area contributed by atoms with Gasteiger partial charge in [0, 0.05) is 25.2 Å². The van der Waals surface area contributed by atoms with Crippen molar-refractivity contribution in [2.24, 2.45) is 0 Å². The zero-order valence-corrected chi connectivity index (χ0v) is 10.1. The minimum Gasteiger partial charge on any atom is -0.380 e. The van der Waals surface area contributed by atoms with Gasteiger partial charge in [-0.15, -0.1) is 0 Å². The molecule has 1 atom stereocenters. The molecule has 0 aromatic heterocycles. The number of rotatable bonds is 6. The summed E-state index contributed by atoms with van der Waals surface area (Å²) in [6.45, 7) is 5.62. The van der Waals surface area contributed by atoms with E-state index in [-0.39, 0.29) is 11.8 Å². The van der Waals surface area contributed by atoms with Crippen LogP contribution >= 0.6 is 0 Å². The zero-order chi connectivity index (χ0) is 11.3. The van der Waals surface area contributed by atoms with Crippen molar-refractivity contribution in [3.63, 3.8) is 0 Å². The molecule has 1 unspecified atom stereocenters. The molecule has 0 radical (unpaired) electrons. The molecule has 0 aliphatic carbocycles. The molecule has 1 fully saturated rings. The maximum Gasteiger partial charge on any atom is 0.213 e. The zero-order valence-electron chi connectivity index (χ0n) is 9.32. The lowest BCUT2D eigenvalue weighted by Crippen LogP contribution is -2.39. The van der Waals surface area contributed by atoms with E-state index in [1.54, 1.807) is 0 Å². The van der Waals surface area contributed by atoms with Crippen molar-refractivity contribution in [1.82, 2.24) is 10.0 Å². The summed E-state index contributed by atoms with van der Waals surface area (Å²) in [4.78, 5) is 0. The minimum absolute atomic E-state index is 0.0333. The van der Waals surface area contributed by atoms with Gasteiger partial charge in [0.05, 0.1) is 12.4 Å².